The molecule has 2 aromatic carbocycles. The minimum absolute atomic E-state index is 0.229. The summed E-state index contributed by atoms with van der Waals surface area (Å²) in [5, 5.41) is 0.518. The molecule has 0 atom stereocenters. The quantitative estimate of drug-likeness (QED) is 0.915. The van der Waals surface area contributed by atoms with Crippen LogP contribution in [0.3, 0.4) is 0 Å². The monoisotopic (exact) mass is 323 g/mol. The molecule has 112 valence electrons. The van der Waals surface area contributed by atoms with Crippen LogP contribution in [0.1, 0.15) is 16.7 Å². The van der Waals surface area contributed by atoms with E-state index in [1.807, 2.05) is 26.0 Å². The SMILES string of the molecule is Cc1ccc(CCNS(=O)(=O)c2ccc(Cl)cc2)c(C)c1. The highest BCUT2D eigenvalue weighted by Gasteiger charge is 2.13. The molecule has 2 rings (SSSR count). The number of rotatable bonds is 5. The molecule has 0 aromatic heterocycles. The van der Waals surface area contributed by atoms with Crippen LogP contribution < -0.4 is 4.72 Å². The van der Waals surface area contributed by atoms with Crippen molar-refractivity contribution in [2.24, 2.45) is 0 Å². The van der Waals surface area contributed by atoms with Gasteiger partial charge in [0.1, 0.15) is 0 Å². The van der Waals surface area contributed by atoms with Crippen molar-refractivity contribution in [2.45, 2.75) is 25.2 Å². The second-order valence-electron chi connectivity index (χ2n) is 5.03. The van der Waals surface area contributed by atoms with Gasteiger partial charge in [0, 0.05) is 11.6 Å². The molecule has 0 aliphatic rings. The summed E-state index contributed by atoms with van der Waals surface area (Å²) in [5.41, 5.74) is 3.54. The van der Waals surface area contributed by atoms with E-state index in [0.29, 0.717) is 18.0 Å². The number of hydrogen-bond acceptors (Lipinski definition) is 2. The van der Waals surface area contributed by atoms with Gasteiger partial charge in [0.05, 0.1) is 4.90 Å². The van der Waals surface area contributed by atoms with E-state index in [-0.39, 0.29) is 4.90 Å². The van der Waals surface area contributed by atoms with Crippen LogP contribution in [-0.4, -0.2) is 15.0 Å². The van der Waals surface area contributed by atoms with Crippen molar-refractivity contribution in [3.05, 3.63) is 64.2 Å². The lowest BCUT2D eigenvalue weighted by atomic mass is 10.0. The Morgan fingerprint density at radius 1 is 1.05 bits per heavy atom. The molecule has 0 amide bonds. The highest BCUT2D eigenvalue weighted by molar-refractivity contribution is 7.89. The fourth-order valence-electron chi connectivity index (χ4n) is 2.14. The Labute approximate surface area is 131 Å². The number of hydrogen-bond donors (Lipinski definition) is 1. The Morgan fingerprint density at radius 3 is 2.33 bits per heavy atom. The van der Waals surface area contributed by atoms with Crippen LogP contribution in [0.4, 0.5) is 0 Å². The molecule has 0 saturated heterocycles. The Bertz CT molecular complexity index is 724. The number of sulfonamides is 1. The topological polar surface area (TPSA) is 46.2 Å². The Kier molecular flexibility index (Phi) is 5.04. The number of benzene rings is 2. The first-order valence-electron chi connectivity index (χ1n) is 6.70. The summed E-state index contributed by atoms with van der Waals surface area (Å²) in [7, 11) is -3.48. The third kappa shape index (κ3) is 4.30. The fourth-order valence-corrected chi connectivity index (χ4v) is 3.30. The summed E-state index contributed by atoms with van der Waals surface area (Å²) < 4.78 is 26.9. The van der Waals surface area contributed by atoms with E-state index in [2.05, 4.69) is 10.8 Å². The molecule has 0 fully saturated rings. The van der Waals surface area contributed by atoms with Gasteiger partial charge in [0.2, 0.25) is 10.0 Å². The smallest absolute Gasteiger partial charge is 0.211 e. The molecule has 0 heterocycles. The van der Waals surface area contributed by atoms with Crippen LogP contribution in [0.15, 0.2) is 47.4 Å². The molecular formula is C16H18ClNO2S. The van der Waals surface area contributed by atoms with Gasteiger partial charge in [-0.25, -0.2) is 13.1 Å². The molecule has 21 heavy (non-hydrogen) atoms. The van der Waals surface area contributed by atoms with Crippen molar-refractivity contribution in [1.82, 2.24) is 4.72 Å². The maximum atomic E-state index is 12.1. The molecule has 0 aliphatic carbocycles. The first-order valence-corrected chi connectivity index (χ1v) is 8.56. The van der Waals surface area contributed by atoms with E-state index in [1.54, 1.807) is 12.1 Å². The van der Waals surface area contributed by atoms with Gasteiger partial charge < -0.3 is 0 Å². The molecule has 0 unspecified atom stereocenters. The number of aryl methyl sites for hydroxylation is 2. The largest absolute Gasteiger partial charge is 0.240 e. The maximum Gasteiger partial charge on any atom is 0.240 e. The summed E-state index contributed by atoms with van der Waals surface area (Å²) in [6, 6.07) is 12.3. The summed E-state index contributed by atoms with van der Waals surface area (Å²) in [6.45, 7) is 4.45. The van der Waals surface area contributed by atoms with Gasteiger partial charge in [0.15, 0.2) is 0 Å². The van der Waals surface area contributed by atoms with Gasteiger partial charge in [-0.05, 0) is 55.7 Å². The number of halogens is 1. The van der Waals surface area contributed by atoms with Crippen LogP contribution in [-0.2, 0) is 16.4 Å². The molecule has 2 aromatic rings. The minimum Gasteiger partial charge on any atom is -0.211 e. The highest BCUT2D eigenvalue weighted by Crippen LogP contribution is 2.14. The first kappa shape index (κ1) is 16.0. The predicted octanol–water partition coefficient (Wildman–Crippen LogP) is 3.48. The highest BCUT2D eigenvalue weighted by atomic mass is 35.5. The third-order valence-electron chi connectivity index (χ3n) is 3.31. The van der Waals surface area contributed by atoms with Gasteiger partial charge in [0.25, 0.3) is 0 Å². The molecule has 0 aliphatic heterocycles. The summed E-state index contributed by atoms with van der Waals surface area (Å²) >= 11 is 5.76. The van der Waals surface area contributed by atoms with Crippen molar-refractivity contribution in [3.63, 3.8) is 0 Å². The lowest BCUT2D eigenvalue weighted by Crippen LogP contribution is -2.26. The van der Waals surface area contributed by atoms with Crippen LogP contribution in [0.5, 0.6) is 0 Å². The van der Waals surface area contributed by atoms with Crippen molar-refractivity contribution < 1.29 is 8.42 Å². The van der Waals surface area contributed by atoms with Crippen molar-refractivity contribution in [1.29, 1.82) is 0 Å². The second-order valence-corrected chi connectivity index (χ2v) is 7.24. The van der Waals surface area contributed by atoms with Crippen molar-refractivity contribution in [2.75, 3.05) is 6.54 Å². The predicted molar refractivity (Wildman–Crippen MR) is 86.3 cm³/mol. The van der Waals surface area contributed by atoms with Gasteiger partial charge in [-0.3, -0.25) is 0 Å². The zero-order valence-electron chi connectivity index (χ0n) is 12.1. The minimum atomic E-state index is -3.48. The van der Waals surface area contributed by atoms with Gasteiger partial charge in [-0.15, -0.1) is 0 Å². The molecule has 1 N–H and O–H groups in total. The molecule has 0 radical (unpaired) electrons. The Balaban J connectivity index is 2.00. The maximum absolute atomic E-state index is 12.1. The second kappa shape index (κ2) is 6.60. The van der Waals surface area contributed by atoms with E-state index in [4.69, 9.17) is 11.6 Å². The average molecular weight is 324 g/mol. The molecular weight excluding hydrogens is 306 g/mol. The standard InChI is InChI=1S/C16H18ClNO2S/c1-12-3-4-14(13(2)11-12)9-10-18-21(19,20)16-7-5-15(17)6-8-16/h3-8,11,18H,9-10H2,1-2H3. The lowest BCUT2D eigenvalue weighted by molar-refractivity contribution is 0.581. The van der Waals surface area contributed by atoms with E-state index in [9.17, 15) is 8.42 Å². The summed E-state index contributed by atoms with van der Waals surface area (Å²) in [6.07, 6.45) is 0.666. The van der Waals surface area contributed by atoms with E-state index in [1.165, 1.54) is 23.3 Å². The van der Waals surface area contributed by atoms with Gasteiger partial charge >= 0.3 is 0 Å². The molecule has 5 heteroatoms. The average Bonchev–Trinajstić information content (AvgIpc) is 2.41. The Morgan fingerprint density at radius 2 is 1.71 bits per heavy atom. The zero-order chi connectivity index (χ0) is 15.5. The molecule has 0 saturated carbocycles. The van der Waals surface area contributed by atoms with Crippen molar-refractivity contribution >= 4 is 21.6 Å². The van der Waals surface area contributed by atoms with E-state index in [0.717, 1.165) is 5.56 Å². The van der Waals surface area contributed by atoms with E-state index >= 15 is 0 Å². The van der Waals surface area contributed by atoms with Crippen LogP contribution in [0, 0.1) is 13.8 Å². The zero-order valence-corrected chi connectivity index (χ0v) is 13.6. The van der Waals surface area contributed by atoms with Crippen LogP contribution in [0.25, 0.3) is 0 Å². The molecule has 0 spiro atoms. The van der Waals surface area contributed by atoms with Gasteiger partial charge in [-0.2, -0.15) is 0 Å². The van der Waals surface area contributed by atoms with Crippen LogP contribution >= 0.6 is 11.6 Å². The summed E-state index contributed by atoms with van der Waals surface area (Å²) in [5.74, 6) is 0. The van der Waals surface area contributed by atoms with E-state index < -0.39 is 10.0 Å². The molecule has 3 nitrogen and oxygen atoms in total. The fraction of sp³-hybridized carbons (Fsp3) is 0.250. The number of nitrogens with one attached hydrogen (secondary N) is 1. The van der Waals surface area contributed by atoms with Crippen molar-refractivity contribution in [3.8, 4) is 0 Å². The summed E-state index contributed by atoms with van der Waals surface area (Å²) in [4.78, 5) is 0.229. The van der Waals surface area contributed by atoms with Gasteiger partial charge in [-0.1, -0.05) is 35.4 Å². The van der Waals surface area contributed by atoms with Crippen LogP contribution in [0.2, 0.25) is 5.02 Å². The third-order valence-corrected chi connectivity index (χ3v) is 5.04. The molecule has 0 bridgehead atoms. The lowest BCUT2D eigenvalue weighted by Gasteiger charge is -2.09. The normalized spacial score (nSPS) is 11.6. The Hall–Kier alpha value is -1.36. The first-order chi connectivity index (χ1) is 9.88.